The van der Waals surface area contributed by atoms with Gasteiger partial charge in [0.25, 0.3) is 0 Å². The molecule has 94 valence electrons. The first-order chi connectivity index (χ1) is 8.54. The van der Waals surface area contributed by atoms with Gasteiger partial charge >= 0.3 is 0 Å². The molecule has 0 radical (unpaired) electrons. The average Bonchev–Trinajstić information content (AvgIpc) is 2.70. The number of nitrogens with zero attached hydrogens (tertiary/aromatic N) is 1. The maximum Gasteiger partial charge on any atom is 0.171 e. The van der Waals surface area contributed by atoms with Crippen molar-refractivity contribution < 1.29 is 13.9 Å². The van der Waals surface area contributed by atoms with E-state index in [1.54, 1.807) is 19.1 Å². The third-order valence-electron chi connectivity index (χ3n) is 2.53. The number of ether oxygens (including phenoxy) is 1. The van der Waals surface area contributed by atoms with Gasteiger partial charge in [0, 0.05) is 6.92 Å². The number of aromatic nitrogens is 1. The second kappa shape index (κ2) is 4.86. The Kier molecular flexibility index (Phi) is 3.43. The van der Waals surface area contributed by atoms with Gasteiger partial charge in [-0.15, -0.1) is 11.3 Å². The highest BCUT2D eigenvalue weighted by molar-refractivity contribution is 7.17. The summed E-state index contributed by atoms with van der Waals surface area (Å²) >= 11 is 1.18. The van der Waals surface area contributed by atoms with Crippen LogP contribution in [0.2, 0.25) is 0 Å². The first-order valence-corrected chi connectivity index (χ1v) is 6.17. The van der Waals surface area contributed by atoms with E-state index >= 15 is 0 Å². The number of ketones is 1. The maximum atomic E-state index is 13.9. The molecule has 2 rings (SSSR count). The van der Waals surface area contributed by atoms with Crippen molar-refractivity contribution in [3.63, 3.8) is 0 Å². The smallest absolute Gasteiger partial charge is 0.171 e. The topological polar surface area (TPSA) is 39.2 Å². The van der Waals surface area contributed by atoms with Crippen molar-refractivity contribution in [1.82, 2.24) is 4.98 Å². The van der Waals surface area contributed by atoms with Crippen LogP contribution in [0.5, 0.6) is 5.75 Å². The van der Waals surface area contributed by atoms with E-state index in [1.807, 2.05) is 0 Å². The molecule has 0 spiro atoms. The van der Waals surface area contributed by atoms with Crippen LogP contribution in [-0.2, 0) is 0 Å². The molecule has 2 aromatic rings. The van der Waals surface area contributed by atoms with E-state index in [2.05, 4.69) is 4.98 Å². The first-order valence-electron chi connectivity index (χ1n) is 5.35. The van der Waals surface area contributed by atoms with E-state index in [4.69, 9.17) is 4.74 Å². The Morgan fingerprint density at radius 3 is 2.72 bits per heavy atom. The molecule has 18 heavy (non-hydrogen) atoms. The van der Waals surface area contributed by atoms with Crippen molar-refractivity contribution >= 4 is 17.1 Å². The lowest BCUT2D eigenvalue weighted by molar-refractivity contribution is 0.102. The van der Waals surface area contributed by atoms with Gasteiger partial charge in [-0.25, -0.2) is 9.37 Å². The van der Waals surface area contributed by atoms with Gasteiger partial charge in [-0.1, -0.05) is 6.07 Å². The third kappa shape index (κ3) is 2.13. The minimum atomic E-state index is -0.404. The number of Topliss-reactive ketones (excluding diaryl/α,β-unsaturated/α-hetero) is 1. The average molecular weight is 265 g/mol. The highest BCUT2D eigenvalue weighted by atomic mass is 32.1. The zero-order valence-corrected chi connectivity index (χ0v) is 11.1. The fourth-order valence-corrected chi connectivity index (χ4v) is 2.73. The lowest BCUT2D eigenvalue weighted by Gasteiger charge is -2.06. The van der Waals surface area contributed by atoms with E-state index in [-0.39, 0.29) is 5.78 Å². The first kappa shape index (κ1) is 12.7. The summed E-state index contributed by atoms with van der Waals surface area (Å²) in [6.45, 7) is 3.22. The molecule has 3 nitrogen and oxygen atoms in total. The standard InChI is InChI=1S/C13H12FNO2S/c1-7-12(8(2)16)18-13(15-7)11-9(14)5-4-6-10(11)17-3/h4-6H,1-3H3. The van der Waals surface area contributed by atoms with Gasteiger partial charge in [0.2, 0.25) is 0 Å². The van der Waals surface area contributed by atoms with Crippen LogP contribution in [0.25, 0.3) is 10.6 Å². The fourth-order valence-electron chi connectivity index (χ4n) is 1.71. The van der Waals surface area contributed by atoms with Gasteiger partial charge < -0.3 is 4.74 Å². The molecule has 1 heterocycles. The number of halogens is 1. The molecule has 0 aliphatic heterocycles. The van der Waals surface area contributed by atoms with Gasteiger partial charge in [0.15, 0.2) is 5.78 Å². The largest absolute Gasteiger partial charge is 0.496 e. The number of carbonyl (C=O) groups is 1. The minimum absolute atomic E-state index is 0.0634. The predicted molar refractivity (Wildman–Crippen MR) is 68.8 cm³/mol. The summed E-state index contributed by atoms with van der Waals surface area (Å²) in [5, 5.41) is 0.465. The van der Waals surface area contributed by atoms with Gasteiger partial charge in [-0.3, -0.25) is 4.79 Å². The number of hydrogen-bond donors (Lipinski definition) is 0. The Morgan fingerprint density at radius 1 is 1.44 bits per heavy atom. The van der Waals surface area contributed by atoms with E-state index < -0.39 is 5.82 Å². The zero-order valence-electron chi connectivity index (χ0n) is 10.3. The number of aryl methyl sites for hydroxylation is 1. The summed E-state index contributed by atoms with van der Waals surface area (Å²) in [5.41, 5.74) is 0.924. The molecule has 5 heteroatoms. The Labute approximate surface area is 108 Å². The molecule has 0 aliphatic rings. The number of methoxy groups -OCH3 is 1. The van der Waals surface area contributed by atoms with Crippen LogP contribution in [-0.4, -0.2) is 17.9 Å². The quantitative estimate of drug-likeness (QED) is 0.798. The molecule has 0 fully saturated rings. The summed E-state index contributed by atoms with van der Waals surface area (Å²) in [6, 6.07) is 4.59. The Hall–Kier alpha value is -1.75. The molecule has 0 saturated carbocycles. The molecule has 0 atom stereocenters. The van der Waals surface area contributed by atoms with Gasteiger partial charge in [0.1, 0.15) is 16.6 Å². The maximum absolute atomic E-state index is 13.9. The van der Waals surface area contributed by atoms with Crippen molar-refractivity contribution in [2.75, 3.05) is 7.11 Å². The predicted octanol–water partition coefficient (Wildman–Crippen LogP) is 3.47. The van der Waals surface area contributed by atoms with Crippen molar-refractivity contribution in [2.45, 2.75) is 13.8 Å². The van der Waals surface area contributed by atoms with Crippen LogP contribution < -0.4 is 4.74 Å². The molecule has 0 aliphatic carbocycles. The second-order valence-electron chi connectivity index (χ2n) is 3.81. The molecule has 0 bridgehead atoms. The summed E-state index contributed by atoms with van der Waals surface area (Å²) in [7, 11) is 1.48. The van der Waals surface area contributed by atoms with Crippen LogP contribution >= 0.6 is 11.3 Å². The number of hydrogen-bond acceptors (Lipinski definition) is 4. The Bertz CT molecular complexity index is 607. The number of thiazole rings is 1. The van der Waals surface area contributed by atoms with Gasteiger partial charge in [-0.05, 0) is 19.1 Å². The number of benzene rings is 1. The van der Waals surface area contributed by atoms with Crippen molar-refractivity contribution in [1.29, 1.82) is 0 Å². The normalized spacial score (nSPS) is 10.4. The lowest BCUT2D eigenvalue weighted by atomic mass is 10.2. The number of carbonyl (C=O) groups excluding carboxylic acids is 1. The van der Waals surface area contributed by atoms with E-state index in [0.717, 1.165) is 0 Å². The summed E-state index contributed by atoms with van der Waals surface area (Å²) < 4.78 is 19.0. The molecule has 0 saturated heterocycles. The SMILES string of the molecule is COc1cccc(F)c1-c1nc(C)c(C(C)=O)s1. The molecular formula is C13H12FNO2S. The summed E-state index contributed by atoms with van der Waals surface area (Å²) in [4.78, 5) is 16.2. The highest BCUT2D eigenvalue weighted by Crippen LogP contribution is 2.36. The van der Waals surface area contributed by atoms with Crippen LogP contribution in [0.15, 0.2) is 18.2 Å². The fraction of sp³-hybridized carbons (Fsp3) is 0.231. The van der Waals surface area contributed by atoms with Crippen molar-refractivity contribution in [3.8, 4) is 16.3 Å². The van der Waals surface area contributed by atoms with Crippen LogP contribution in [0.3, 0.4) is 0 Å². The number of rotatable bonds is 3. The van der Waals surface area contributed by atoms with E-state index in [9.17, 15) is 9.18 Å². The summed E-state index contributed by atoms with van der Waals surface area (Å²) in [6.07, 6.45) is 0. The second-order valence-corrected chi connectivity index (χ2v) is 4.81. The van der Waals surface area contributed by atoms with Crippen molar-refractivity contribution in [2.24, 2.45) is 0 Å². The van der Waals surface area contributed by atoms with Crippen LogP contribution in [0, 0.1) is 12.7 Å². The minimum Gasteiger partial charge on any atom is -0.496 e. The molecule has 1 aromatic carbocycles. The van der Waals surface area contributed by atoms with Gasteiger partial charge in [-0.2, -0.15) is 0 Å². The van der Waals surface area contributed by atoms with Crippen LogP contribution in [0.1, 0.15) is 22.3 Å². The van der Waals surface area contributed by atoms with E-state index in [0.29, 0.717) is 26.9 Å². The summed E-state index contributed by atoms with van der Waals surface area (Å²) in [5.74, 6) is -0.0522. The molecule has 0 N–H and O–H groups in total. The molecule has 0 amide bonds. The molecular weight excluding hydrogens is 253 g/mol. The van der Waals surface area contributed by atoms with Crippen molar-refractivity contribution in [3.05, 3.63) is 34.6 Å². The highest BCUT2D eigenvalue weighted by Gasteiger charge is 2.18. The molecule has 0 unspecified atom stereocenters. The monoisotopic (exact) mass is 265 g/mol. The van der Waals surface area contributed by atoms with Gasteiger partial charge in [0.05, 0.1) is 23.2 Å². The third-order valence-corrected chi connectivity index (χ3v) is 3.80. The Balaban J connectivity index is 2.62. The lowest BCUT2D eigenvalue weighted by Crippen LogP contribution is -1.91. The Morgan fingerprint density at radius 2 is 2.17 bits per heavy atom. The van der Waals surface area contributed by atoms with E-state index in [1.165, 1.54) is 31.4 Å². The zero-order chi connectivity index (χ0) is 13.3. The molecule has 1 aromatic heterocycles. The van der Waals surface area contributed by atoms with Crippen LogP contribution in [0.4, 0.5) is 4.39 Å².